The Balaban J connectivity index is 2.34. The van der Waals surface area contributed by atoms with Crippen LogP contribution in [0, 0.1) is 0 Å². The van der Waals surface area contributed by atoms with E-state index in [0.717, 1.165) is 12.6 Å². The second-order valence-electron chi connectivity index (χ2n) is 5.61. The van der Waals surface area contributed by atoms with Crippen molar-refractivity contribution in [3.63, 3.8) is 0 Å². The third-order valence-corrected chi connectivity index (χ3v) is 5.04. The molecule has 1 aliphatic rings. The van der Waals surface area contributed by atoms with Gasteiger partial charge in [-0.25, -0.2) is 0 Å². The number of allylic oxidation sites excluding steroid dienone is 1. The minimum Gasteiger partial charge on any atom is -0.312 e. The molecule has 1 rings (SSSR count). The van der Waals surface area contributed by atoms with Gasteiger partial charge in [-0.2, -0.15) is 11.8 Å². The Bertz CT molecular complexity index is 233. The standard InChI is InChI=1S/C16H32N2S/c1-4-6-7-8-9-10-15(17-11-5-2)16-14-19-13-12-18(16)3/h4,15-17H,1,5-14H2,2-3H3. The molecule has 1 N–H and O–H groups in total. The van der Waals surface area contributed by atoms with Crippen LogP contribution in [0.1, 0.15) is 45.4 Å². The second-order valence-corrected chi connectivity index (χ2v) is 6.76. The van der Waals surface area contributed by atoms with Gasteiger partial charge in [0.2, 0.25) is 0 Å². The summed E-state index contributed by atoms with van der Waals surface area (Å²) in [6, 6.07) is 1.41. The van der Waals surface area contributed by atoms with E-state index < -0.39 is 0 Å². The summed E-state index contributed by atoms with van der Waals surface area (Å²) in [7, 11) is 2.29. The van der Waals surface area contributed by atoms with Crippen molar-refractivity contribution < 1.29 is 0 Å². The highest BCUT2D eigenvalue weighted by atomic mass is 32.2. The number of likely N-dealkylation sites (N-methyl/N-ethyl adjacent to an activating group) is 1. The van der Waals surface area contributed by atoms with Gasteiger partial charge in [-0.3, -0.25) is 0 Å². The predicted molar refractivity (Wildman–Crippen MR) is 89.1 cm³/mol. The molecule has 19 heavy (non-hydrogen) atoms. The third-order valence-electron chi connectivity index (χ3n) is 3.99. The van der Waals surface area contributed by atoms with Crippen molar-refractivity contribution in [3.05, 3.63) is 12.7 Å². The lowest BCUT2D eigenvalue weighted by Crippen LogP contribution is -2.52. The molecule has 1 saturated heterocycles. The summed E-state index contributed by atoms with van der Waals surface area (Å²) >= 11 is 2.12. The highest BCUT2D eigenvalue weighted by Gasteiger charge is 2.26. The first kappa shape index (κ1) is 17.1. The van der Waals surface area contributed by atoms with Crippen LogP contribution in [0.5, 0.6) is 0 Å². The Hall–Kier alpha value is 0.01000. The monoisotopic (exact) mass is 284 g/mol. The highest BCUT2D eigenvalue weighted by Crippen LogP contribution is 2.20. The van der Waals surface area contributed by atoms with E-state index in [1.807, 2.05) is 6.08 Å². The number of hydrogen-bond donors (Lipinski definition) is 1. The van der Waals surface area contributed by atoms with Gasteiger partial charge in [0.15, 0.2) is 0 Å². The SMILES string of the molecule is C=CCCCCCC(NCCC)C1CSCCN1C. The number of nitrogens with one attached hydrogen (secondary N) is 1. The molecule has 0 aromatic heterocycles. The molecule has 0 radical (unpaired) electrons. The topological polar surface area (TPSA) is 15.3 Å². The molecule has 3 heteroatoms. The maximum atomic E-state index is 3.80. The Morgan fingerprint density at radius 1 is 1.42 bits per heavy atom. The van der Waals surface area contributed by atoms with E-state index in [-0.39, 0.29) is 0 Å². The first-order valence-corrected chi connectivity index (χ1v) is 9.07. The maximum absolute atomic E-state index is 3.80. The number of rotatable bonds is 10. The van der Waals surface area contributed by atoms with E-state index in [1.165, 1.54) is 56.6 Å². The fourth-order valence-corrected chi connectivity index (χ4v) is 4.03. The van der Waals surface area contributed by atoms with Gasteiger partial charge in [-0.15, -0.1) is 6.58 Å². The van der Waals surface area contributed by atoms with E-state index in [9.17, 15) is 0 Å². The molecule has 2 atom stereocenters. The summed E-state index contributed by atoms with van der Waals surface area (Å²) in [5.74, 6) is 2.59. The van der Waals surface area contributed by atoms with E-state index in [0.29, 0.717) is 6.04 Å². The molecule has 2 unspecified atom stereocenters. The average molecular weight is 285 g/mol. The smallest absolute Gasteiger partial charge is 0.0337 e. The van der Waals surface area contributed by atoms with Crippen molar-refractivity contribution in [2.45, 2.75) is 57.5 Å². The molecule has 1 fully saturated rings. The van der Waals surface area contributed by atoms with Gasteiger partial charge in [0, 0.05) is 30.1 Å². The average Bonchev–Trinajstić information content (AvgIpc) is 2.43. The molecule has 0 spiro atoms. The van der Waals surface area contributed by atoms with Crippen LogP contribution in [-0.4, -0.2) is 48.6 Å². The zero-order chi connectivity index (χ0) is 13.9. The first-order chi connectivity index (χ1) is 9.29. The lowest BCUT2D eigenvalue weighted by atomic mass is 10.00. The highest BCUT2D eigenvalue weighted by molar-refractivity contribution is 7.99. The normalized spacial score (nSPS) is 22.3. The van der Waals surface area contributed by atoms with Crippen LogP contribution < -0.4 is 5.32 Å². The molecule has 2 nitrogen and oxygen atoms in total. The van der Waals surface area contributed by atoms with Crippen LogP contribution in [-0.2, 0) is 0 Å². The largest absolute Gasteiger partial charge is 0.312 e. The minimum absolute atomic E-state index is 0.682. The van der Waals surface area contributed by atoms with Gasteiger partial charge in [-0.05, 0) is 39.3 Å². The molecular weight excluding hydrogens is 252 g/mol. The van der Waals surface area contributed by atoms with Crippen molar-refractivity contribution in [2.75, 3.05) is 31.6 Å². The number of hydrogen-bond acceptors (Lipinski definition) is 3. The molecule has 0 saturated carbocycles. The van der Waals surface area contributed by atoms with Crippen LogP contribution in [0.2, 0.25) is 0 Å². The Labute approximate surface area is 124 Å². The lowest BCUT2D eigenvalue weighted by molar-refractivity contribution is 0.205. The molecule has 0 bridgehead atoms. The van der Waals surface area contributed by atoms with Crippen LogP contribution >= 0.6 is 11.8 Å². The summed E-state index contributed by atoms with van der Waals surface area (Å²) in [5.41, 5.74) is 0. The second kappa shape index (κ2) is 10.8. The molecule has 0 aromatic carbocycles. The minimum atomic E-state index is 0.682. The molecule has 0 aliphatic carbocycles. The van der Waals surface area contributed by atoms with Gasteiger partial charge in [0.25, 0.3) is 0 Å². The van der Waals surface area contributed by atoms with E-state index in [1.54, 1.807) is 0 Å². The predicted octanol–water partition coefficient (Wildman–Crippen LogP) is 3.54. The lowest BCUT2D eigenvalue weighted by Gasteiger charge is -2.38. The fourth-order valence-electron chi connectivity index (χ4n) is 2.72. The van der Waals surface area contributed by atoms with Gasteiger partial charge >= 0.3 is 0 Å². The molecule has 1 aliphatic heterocycles. The quantitative estimate of drug-likeness (QED) is 0.488. The Morgan fingerprint density at radius 2 is 2.26 bits per heavy atom. The van der Waals surface area contributed by atoms with Gasteiger partial charge in [-0.1, -0.05) is 25.8 Å². The maximum Gasteiger partial charge on any atom is 0.0337 e. The van der Waals surface area contributed by atoms with Gasteiger partial charge < -0.3 is 10.2 Å². The zero-order valence-electron chi connectivity index (χ0n) is 12.9. The summed E-state index contributed by atoms with van der Waals surface area (Å²) in [6.07, 6.45) is 9.78. The first-order valence-electron chi connectivity index (χ1n) is 7.91. The summed E-state index contributed by atoms with van der Waals surface area (Å²) in [4.78, 5) is 2.56. The Morgan fingerprint density at radius 3 is 2.95 bits per heavy atom. The van der Waals surface area contributed by atoms with Gasteiger partial charge in [0.1, 0.15) is 0 Å². The summed E-state index contributed by atoms with van der Waals surface area (Å²) < 4.78 is 0. The molecule has 112 valence electrons. The summed E-state index contributed by atoms with van der Waals surface area (Å²) in [6.45, 7) is 8.46. The van der Waals surface area contributed by atoms with Crippen LogP contribution in [0.3, 0.4) is 0 Å². The molecular formula is C16H32N2S. The van der Waals surface area contributed by atoms with E-state index >= 15 is 0 Å². The summed E-state index contributed by atoms with van der Waals surface area (Å²) in [5, 5.41) is 3.79. The fraction of sp³-hybridized carbons (Fsp3) is 0.875. The van der Waals surface area contributed by atoms with Crippen molar-refractivity contribution in [2.24, 2.45) is 0 Å². The van der Waals surface area contributed by atoms with Crippen LogP contribution in [0.15, 0.2) is 12.7 Å². The van der Waals surface area contributed by atoms with Crippen LogP contribution in [0.25, 0.3) is 0 Å². The Kier molecular flexibility index (Phi) is 9.66. The third kappa shape index (κ3) is 6.82. The number of thioether (sulfide) groups is 1. The van der Waals surface area contributed by atoms with Crippen molar-refractivity contribution in [3.8, 4) is 0 Å². The molecule has 0 amide bonds. The number of nitrogens with zero attached hydrogens (tertiary/aromatic N) is 1. The van der Waals surface area contributed by atoms with E-state index in [2.05, 4.69) is 42.5 Å². The van der Waals surface area contributed by atoms with Crippen molar-refractivity contribution in [1.29, 1.82) is 0 Å². The van der Waals surface area contributed by atoms with Crippen LogP contribution in [0.4, 0.5) is 0 Å². The van der Waals surface area contributed by atoms with E-state index in [4.69, 9.17) is 0 Å². The number of unbranched alkanes of at least 4 members (excludes halogenated alkanes) is 3. The van der Waals surface area contributed by atoms with Gasteiger partial charge in [0.05, 0.1) is 0 Å². The van der Waals surface area contributed by atoms with Crippen molar-refractivity contribution >= 4 is 11.8 Å². The zero-order valence-corrected chi connectivity index (χ0v) is 13.7. The molecule has 1 heterocycles. The van der Waals surface area contributed by atoms with Crippen molar-refractivity contribution in [1.82, 2.24) is 10.2 Å². The molecule has 0 aromatic rings.